The number of ether oxygens (including phenoxy) is 3. The Balaban J connectivity index is 2.78. The topological polar surface area (TPSA) is 132 Å². The number of nitrogens with one attached hydrogen (secondary N) is 2. The van der Waals surface area contributed by atoms with E-state index in [0.717, 1.165) is 0 Å². The lowest BCUT2D eigenvalue weighted by molar-refractivity contribution is -0.134. The summed E-state index contributed by atoms with van der Waals surface area (Å²) < 4.78 is 15.1. The average molecular weight is 373 g/mol. The van der Waals surface area contributed by atoms with Crippen molar-refractivity contribution in [1.82, 2.24) is 10.6 Å². The minimum absolute atomic E-state index is 0.0251. The van der Waals surface area contributed by atoms with Gasteiger partial charge in [0, 0.05) is 14.2 Å². The van der Waals surface area contributed by atoms with Crippen molar-refractivity contribution in [1.29, 1.82) is 0 Å². The van der Waals surface area contributed by atoms with Crippen LogP contribution in [0.25, 0.3) is 0 Å². The van der Waals surface area contributed by atoms with Crippen molar-refractivity contribution in [2.75, 3.05) is 34.0 Å². The number of carbonyl (C=O) groups is 3. The normalized spacial score (nSPS) is 22.4. The Morgan fingerprint density at radius 2 is 1.62 bits per heavy atom. The number of epoxide rings is 1. The van der Waals surface area contributed by atoms with E-state index < -0.39 is 35.5 Å². The Kier molecular flexibility index (Phi) is 8.61. The molecule has 1 rings (SSSR count). The van der Waals surface area contributed by atoms with Gasteiger partial charge in [0.05, 0.1) is 25.9 Å². The van der Waals surface area contributed by atoms with Crippen LogP contribution in [0, 0.1) is 5.92 Å². The Bertz CT molecular complexity index is 507. The van der Waals surface area contributed by atoms with Gasteiger partial charge in [0.2, 0.25) is 11.8 Å². The number of ketones is 1. The van der Waals surface area contributed by atoms with Gasteiger partial charge in [-0.3, -0.25) is 14.4 Å². The molecule has 4 atom stereocenters. The summed E-state index contributed by atoms with van der Waals surface area (Å²) in [6, 6.07) is -2.57. The van der Waals surface area contributed by atoms with Crippen LogP contribution >= 0.6 is 0 Å². The molecule has 0 aromatic rings. The zero-order valence-electron chi connectivity index (χ0n) is 16.2. The van der Waals surface area contributed by atoms with E-state index in [-0.39, 0.29) is 24.9 Å². The second-order valence-electron chi connectivity index (χ2n) is 7.15. The van der Waals surface area contributed by atoms with Gasteiger partial charge >= 0.3 is 0 Å². The van der Waals surface area contributed by atoms with E-state index >= 15 is 0 Å². The molecular weight excluding hydrogens is 342 g/mol. The highest BCUT2D eigenvalue weighted by atomic mass is 16.6. The molecule has 1 aliphatic rings. The summed E-state index contributed by atoms with van der Waals surface area (Å²) in [5, 5.41) is 5.25. The highest BCUT2D eigenvalue weighted by Gasteiger charge is 2.50. The summed E-state index contributed by atoms with van der Waals surface area (Å²) in [6.45, 7) is 5.94. The van der Waals surface area contributed by atoms with Gasteiger partial charge in [-0.05, 0) is 19.3 Å². The molecule has 0 saturated carbocycles. The SMILES string of the molecule is COCC(N)C(=O)N[C@@H](COC)C(=O)N[C@@H](CC(C)C)C(=O)[C@@]1(C)CO1. The molecule has 2 amide bonds. The highest BCUT2D eigenvalue weighted by molar-refractivity contribution is 5.98. The summed E-state index contributed by atoms with van der Waals surface area (Å²) in [5.41, 5.74) is 4.83. The number of rotatable bonds is 12. The van der Waals surface area contributed by atoms with E-state index in [1.54, 1.807) is 6.92 Å². The number of nitrogens with two attached hydrogens (primary N) is 1. The van der Waals surface area contributed by atoms with Crippen molar-refractivity contribution in [2.45, 2.75) is 50.9 Å². The average Bonchev–Trinajstić information content (AvgIpc) is 3.31. The van der Waals surface area contributed by atoms with Crippen LogP contribution in [-0.2, 0) is 28.6 Å². The number of carbonyl (C=O) groups excluding carboxylic acids is 3. The van der Waals surface area contributed by atoms with Gasteiger partial charge in [0.25, 0.3) is 0 Å². The third-order valence-corrected chi connectivity index (χ3v) is 4.09. The van der Waals surface area contributed by atoms with Gasteiger partial charge in [0.1, 0.15) is 17.7 Å². The van der Waals surface area contributed by atoms with Gasteiger partial charge in [0.15, 0.2) is 5.78 Å². The first kappa shape index (κ1) is 22.5. The van der Waals surface area contributed by atoms with Gasteiger partial charge < -0.3 is 30.6 Å². The molecule has 0 aliphatic carbocycles. The summed E-state index contributed by atoms with van der Waals surface area (Å²) in [4.78, 5) is 37.3. The lowest BCUT2D eigenvalue weighted by Gasteiger charge is -2.25. The first-order valence-corrected chi connectivity index (χ1v) is 8.67. The van der Waals surface area contributed by atoms with Crippen LogP contribution < -0.4 is 16.4 Å². The molecule has 0 aromatic heterocycles. The summed E-state index contributed by atoms with van der Waals surface area (Å²) in [7, 11) is 2.84. The summed E-state index contributed by atoms with van der Waals surface area (Å²) in [6.07, 6.45) is 0.473. The molecular formula is C17H31N3O6. The first-order chi connectivity index (χ1) is 12.1. The largest absolute Gasteiger partial charge is 0.383 e. The molecule has 1 saturated heterocycles. The molecule has 1 aliphatic heterocycles. The fourth-order valence-corrected chi connectivity index (χ4v) is 2.48. The molecule has 9 nitrogen and oxygen atoms in total. The van der Waals surface area contributed by atoms with E-state index in [9.17, 15) is 14.4 Å². The minimum Gasteiger partial charge on any atom is -0.383 e. The maximum Gasteiger partial charge on any atom is 0.245 e. The number of amides is 2. The van der Waals surface area contributed by atoms with Crippen molar-refractivity contribution in [2.24, 2.45) is 11.7 Å². The Morgan fingerprint density at radius 3 is 2.08 bits per heavy atom. The number of hydrogen-bond donors (Lipinski definition) is 3. The van der Waals surface area contributed by atoms with E-state index in [0.29, 0.717) is 13.0 Å². The van der Waals surface area contributed by atoms with Crippen LogP contribution in [0.2, 0.25) is 0 Å². The lowest BCUT2D eigenvalue weighted by atomic mass is 9.93. The maximum absolute atomic E-state index is 12.6. The van der Waals surface area contributed by atoms with Crippen LogP contribution in [0.5, 0.6) is 0 Å². The van der Waals surface area contributed by atoms with E-state index in [2.05, 4.69) is 10.6 Å². The molecule has 9 heteroatoms. The molecule has 0 radical (unpaired) electrons. The van der Waals surface area contributed by atoms with Crippen LogP contribution in [0.3, 0.4) is 0 Å². The summed E-state index contributed by atoms with van der Waals surface area (Å²) >= 11 is 0. The Morgan fingerprint density at radius 1 is 1.08 bits per heavy atom. The van der Waals surface area contributed by atoms with Gasteiger partial charge in [-0.25, -0.2) is 0 Å². The van der Waals surface area contributed by atoms with Gasteiger partial charge in [-0.2, -0.15) is 0 Å². The van der Waals surface area contributed by atoms with E-state index in [1.807, 2.05) is 13.8 Å². The van der Waals surface area contributed by atoms with E-state index in [4.69, 9.17) is 19.9 Å². The number of methoxy groups -OCH3 is 2. The number of Topliss-reactive ketones (excluding diaryl/α,β-unsaturated/α-hetero) is 1. The molecule has 0 bridgehead atoms. The molecule has 1 unspecified atom stereocenters. The van der Waals surface area contributed by atoms with Gasteiger partial charge in [-0.1, -0.05) is 13.8 Å². The van der Waals surface area contributed by atoms with Crippen LogP contribution in [0.4, 0.5) is 0 Å². The molecule has 0 spiro atoms. The summed E-state index contributed by atoms with van der Waals surface area (Å²) in [5.74, 6) is -1.02. The van der Waals surface area contributed by atoms with Crippen molar-refractivity contribution < 1.29 is 28.6 Å². The molecule has 1 fully saturated rings. The maximum atomic E-state index is 12.6. The smallest absolute Gasteiger partial charge is 0.245 e. The van der Waals surface area contributed by atoms with Gasteiger partial charge in [-0.15, -0.1) is 0 Å². The molecule has 0 aromatic carbocycles. The number of hydrogen-bond acceptors (Lipinski definition) is 7. The van der Waals surface area contributed by atoms with Crippen LogP contribution in [-0.4, -0.2) is 75.4 Å². The molecule has 26 heavy (non-hydrogen) atoms. The third-order valence-electron chi connectivity index (χ3n) is 4.09. The van der Waals surface area contributed by atoms with Crippen LogP contribution in [0.15, 0.2) is 0 Å². The predicted molar refractivity (Wildman–Crippen MR) is 94.4 cm³/mol. The fourth-order valence-electron chi connectivity index (χ4n) is 2.48. The molecule has 1 heterocycles. The Labute approximate surface area is 154 Å². The second-order valence-corrected chi connectivity index (χ2v) is 7.15. The highest BCUT2D eigenvalue weighted by Crippen LogP contribution is 2.29. The Hall–Kier alpha value is -1.55. The zero-order chi connectivity index (χ0) is 19.9. The zero-order valence-corrected chi connectivity index (χ0v) is 16.2. The quantitative estimate of drug-likeness (QED) is 0.373. The van der Waals surface area contributed by atoms with Crippen molar-refractivity contribution in [3.8, 4) is 0 Å². The van der Waals surface area contributed by atoms with Crippen molar-refractivity contribution >= 4 is 17.6 Å². The second kappa shape index (κ2) is 9.96. The van der Waals surface area contributed by atoms with Crippen molar-refractivity contribution in [3.63, 3.8) is 0 Å². The van der Waals surface area contributed by atoms with Crippen LogP contribution in [0.1, 0.15) is 27.2 Å². The fraction of sp³-hybridized carbons (Fsp3) is 0.824. The van der Waals surface area contributed by atoms with E-state index in [1.165, 1.54) is 14.2 Å². The minimum atomic E-state index is -0.967. The molecule has 150 valence electrons. The molecule has 4 N–H and O–H groups in total. The monoisotopic (exact) mass is 373 g/mol. The standard InChI is InChI=1S/C17H31N3O6/c1-10(2)6-12(14(21)17(3)9-26-17)19-16(23)13(8-25-5)20-15(22)11(18)7-24-4/h10-13H,6-9,18H2,1-5H3,(H,19,23)(H,20,22)/t11?,12-,13-,17+/m0/s1. The third kappa shape index (κ3) is 6.64. The lowest BCUT2D eigenvalue weighted by Crippen LogP contribution is -2.57. The predicted octanol–water partition coefficient (Wildman–Crippen LogP) is -1.02. The first-order valence-electron chi connectivity index (χ1n) is 8.67. The van der Waals surface area contributed by atoms with Crippen molar-refractivity contribution in [3.05, 3.63) is 0 Å².